The third kappa shape index (κ3) is 4.41. The highest BCUT2D eigenvalue weighted by molar-refractivity contribution is 7.03. The second-order valence-corrected chi connectivity index (χ2v) is 17.6. The van der Waals surface area contributed by atoms with Crippen LogP contribution < -0.4 is 31.1 Å². The Balaban J connectivity index is 1.24. The second kappa shape index (κ2) is 12.6. The van der Waals surface area contributed by atoms with E-state index >= 15 is 0 Å². The molecule has 294 valence electrons. The van der Waals surface area contributed by atoms with Crippen molar-refractivity contribution in [2.75, 3.05) is 14.7 Å². The van der Waals surface area contributed by atoms with Crippen LogP contribution in [0.5, 0.6) is 0 Å². The zero-order valence-electron chi connectivity index (χ0n) is 34.7. The third-order valence-corrected chi connectivity index (χ3v) is 14.4. The molecule has 0 aromatic heterocycles. The molecule has 4 heteroatoms. The molecule has 3 heterocycles. The van der Waals surface area contributed by atoms with Crippen molar-refractivity contribution in [3.63, 3.8) is 0 Å². The Hall–Kier alpha value is -8.34. The van der Waals surface area contributed by atoms with Gasteiger partial charge in [0.25, 0.3) is 6.71 Å². The lowest BCUT2D eigenvalue weighted by molar-refractivity contribution is 1.24. The van der Waals surface area contributed by atoms with Gasteiger partial charge in [0.05, 0.1) is 17.1 Å². The van der Waals surface area contributed by atoms with E-state index in [9.17, 15) is 0 Å². The standard InChI is InChI=1S/C60H36BN3/c1-4-19-40(20-5-1)62-52-34-49-43-25-13-10-17-38(43)29-32-47(49)59-55(52)61-56-53(35-50-44-26-14-11-16-37(44)28-31-46(50)58(56)62)63(41-21-6-2-7-22-41)60-48-33-30-39-18-12-15-27-45(39)51(48)36-54(57(60)61)64(59)42-23-8-3-9-24-42/h1-36H. The average Bonchev–Trinajstić information content (AvgIpc) is 3.36. The molecule has 0 amide bonds. The molecule has 0 spiro atoms. The van der Waals surface area contributed by atoms with Gasteiger partial charge in [-0.15, -0.1) is 0 Å². The van der Waals surface area contributed by atoms with E-state index in [0.29, 0.717) is 0 Å². The van der Waals surface area contributed by atoms with Gasteiger partial charge in [-0.05, 0) is 119 Å². The number of fused-ring (bicyclic) bond motifs is 12. The van der Waals surface area contributed by atoms with Gasteiger partial charge in [0, 0.05) is 50.3 Å². The molecule has 12 aromatic rings. The van der Waals surface area contributed by atoms with Crippen LogP contribution in [-0.4, -0.2) is 6.71 Å². The van der Waals surface area contributed by atoms with Crippen LogP contribution >= 0.6 is 0 Å². The summed E-state index contributed by atoms with van der Waals surface area (Å²) in [6, 6.07) is 81.7. The predicted octanol–water partition coefficient (Wildman–Crippen LogP) is 14.5. The van der Waals surface area contributed by atoms with Gasteiger partial charge in [0.15, 0.2) is 0 Å². The lowest BCUT2D eigenvalue weighted by Crippen LogP contribution is -2.65. The van der Waals surface area contributed by atoms with Crippen LogP contribution in [0.25, 0.3) is 64.6 Å². The van der Waals surface area contributed by atoms with Gasteiger partial charge in [-0.25, -0.2) is 0 Å². The summed E-state index contributed by atoms with van der Waals surface area (Å²) in [7, 11) is 0. The molecule has 64 heavy (non-hydrogen) atoms. The predicted molar refractivity (Wildman–Crippen MR) is 274 cm³/mol. The monoisotopic (exact) mass is 809 g/mol. The fourth-order valence-electron chi connectivity index (χ4n) is 11.9. The Morgan fingerprint density at radius 1 is 0.234 bits per heavy atom. The molecule has 15 rings (SSSR count). The largest absolute Gasteiger partial charge is 0.311 e. The average molecular weight is 810 g/mol. The van der Waals surface area contributed by atoms with Gasteiger partial charge in [0.1, 0.15) is 0 Å². The minimum Gasteiger partial charge on any atom is -0.311 e. The first-order valence-corrected chi connectivity index (χ1v) is 22.3. The molecule has 0 unspecified atom stereocenters. The maximum atomic E-state index is 2.61. The van der Waals surface area contributed by atoms with Crippen molar-refractivity contribution in [2.45, 2.75) is 0 Å². The van der Waals surface area contributed by atoms with Crippen molar-refractivity contribution in [3.8, 4) is 0 Å². The van der Waals surface area contributed by atoms with Crippen molar-refractivity contribution in [2.24, 2.45) is 0 Å². The lowest BCUT2D eigenvalue weighted by Gasteiger charge is -2.50. The van der Waals surface area contributed by atoms with E-state index in [0.717, 1.165) is 17.1 Å². The summed E-state index contributed by atoms with van der Waals surface area (Å²) in [4.78, 5) is 7.84. The SMILES string of the molecule is c1ccc(N2c3cc4c(ccc5ccccc54)c4c3B3c5c(cc6c(ccc7ccccc76)c52)N(c2ccccc2)c2c3c(cc3c2ccc2ccccc23)N4c2ccccc2)cc1. The summed E-state index contributed by atoms with van der Waals surface area (Å²) in [5, 5.41) is 15.0. The molecular formula is C60H36BN3. The number of rotatable bonds is 3. The molecule has 0 saturated heterocycles. The highest BCUT2D eigenvalue weighted by Crippen LogP contribution is 2.56. The summed E-state index contributed by atoms with van der Waals surface area (Å²) in [5.41, 5.74) is 14.8. The minimum absolute atomic E-state index is 0.0671. The number of benzene rings is 12. The molecule has 3 aliphatic rings. The fraction of sp³-hybridized carbons (Fsp3) is 0. The molecule has 12 aromatic carbocycles. The third-order valence-electron chi connectivity index (χ3n) is 14.4. The summed E-state index contributed by atoms with van der Waals surface area (Å²) >= 11 is 0. The summed E-state index contributed by atoms with van der Waals surface area (Å²) in [6.07, 6.45) is 0. The molecule has 0 radical (unpaired) electrons. The van der Waals surface area contributed by atoms with Gasteiger partial charge >= 0.3 is 0 Å². The molecule has 3 nitrogen and oxygen atoms in total. The van der Waals surface area contributed by atoms with Crippen LogP contribution in [0.3, 0.4) is 0 Å². The Labute approximate surface area is 370 Å². The van der Waals surface area contributed by atoms with E-state index in [2.05, 4.69) is 233 Å². The van der Waals surface area contributed by atoms with Crippen molar-refractivity contribution in [1.29, 1.82) is 0 Å². The smallest absolute Gasteiger partial charge is 0.257 e. The Kier molecular flexibility index (Phi) is 6.76. The summed E-state index contributed by atoms with van der Waals surface area (Å²) in [6.45, 7) is -0.0671. The Morgan fingerprint density at radius 3 is 0.828 bits per heavy atom. The van der Waals surface area contributed by atoms with Crippen molar-refractivity contribution < 1.29 is 0 Å². The van der Waals surface area contributed by atoms with Gasteiger partial charge in [0.2, 0.25) is 0 Å². The highest BCUT2D eigenvalue weighted by atomic mass is 15.2. The summed E-state index contributed by atoms with van der Waals surface area (Å²) < 4.78 is 0. The van der Waals surface area contributed by atoms with E-state index in [1.807, 2.05) is 0 Å². The quantitative estimate of drug-likeness (QED) is 0.130. The van der Waals surface area contributed by atoms with E-state index in [4.69, 9.17) is 0 Å². The van der Waals surface area contributed by atoms with Crippen molar-refractivity contribution in [1.82, 2.24) is 0 Å². The van der Waals surface area contributed by atoms with Crippen LogP contribution in [0.2, 0.25) is 0 Å². The van der Waals surface area contributed by atoms with Crippen molar-refractivity contribution in [3.05, 3.63) is 218 Å². The van der Waals surface area contributed by atoms with E-state index in [1.165, 1.54) is 115 Å². The molecule has 0 aliphatic carbocycles. The van der Waals surface area contributed by atoms with Crippen LogP contribution in [0.15, 0.2) is 218 Å². The van der Waals surface area contributed by atoms with Gasteiger partial charge < -0.3 is 14.7 Å². The van der Waals surface area contributed by atoms with Crippen molar-refractivity contribution >= 4 is 139 Å². The molecule has 0 saturated carbocycles. The molecule has 3 aliphatic heterocycles. The fourth-order valence-corrected chi connectivity index (χ4v) is 11.9. The minimum atomic E-state index is -0.0671. The van der Waals surface area contributed by atoms with E-state index in [1.54, 1.807) is 0 Å². The maximum Gasteiger partial charge on any atom is 0.257 e. The topological polar surface area (TPSA) is 9.72 Å². The lowest BCUT2D eigenvalue weighted by atomic mass is 9.31. The highest BCUT2D eigenvalue weighted by Gasteiger charge is 2.51. The molecular weight excluding hydrogens is 773 g/mol. The van der Waals surface area contributed by atoms with E-state index < -0.39 is 0 Å². The molecule has 0 bridgehead atoms. The van der Waals surface area contributed by atoms with Crippen LogP contribution in [0.1, 0.15) is 0 Å². The molecule has 0 fully saturated rings. The number of anilines is 9. The number of hydrogen-bond donors (Lipinski definition) is 0. The maximum absolute atomic E-state index is 2.61. The first kappa shape index (κ1) is 34.3. The molecule has 0 atom stereocenters. The van der Waals surface area contributed by atoms with E-state index in [-0.39, 0.29) is 6.71 Å². The molecule has 0 N–H and O–H groups in total. The Bertz CT molecular complexity index is 3560. The zero-order chi connectivity index (χ0) is 41.6. The van der Waals surface area contributed by atoms with Gasteiger partial charge in [-0.3, -0.25) is 0 Å². The van der Waals surface area contributed by atoms with Crippen LogP contribution in [-0.2, 0) is 0 Å². The normalized spacial score (nSPS) is 13.5. The van der Waals surface area contributed by atoms with Crippen LogP contribution in [0, 0.1) is 0 Å². The van der Waals surface area contributed by atoms with Crippen LogP contribution in [0.4, 0.5) is 51.2 Å². The van der Waals surface area contributed by atoms with Gasteiger partial charge in [-0.2, -0.15) is 0 Å². The number of para-hydroxylation sites is 3. The zero-order valence-corrected chi connectivity index (χ0v) is 34.7. The summed E-state index contributed by atoms with van der Waals surface area (Å²) in [5.74, 6) is 0. The van der Waals surface area contributed by atoms with Gasteiger partial charge in [-0.1, -0.05) is 164 Å². The number of hydrogen-bond acceptors (Lipinski definition) is 3. The number of nitrogens with zero attached hydrogens (tertiary/aromatic N) is 3. The Morgan fingerprint density at radius 2 is 0.516 bits per heavy atom. The first-order valence-electron chi connectivity index (χ1n) is 22.3. The second-order valence-electron chi connectivity index (χ2n) is 17.6. The first-order chi connectivity index (χ1) is 31.8.